The summed E-state index contributed by atoms with van der Waals surface area (Å²) in [7, 11) is 0. The van der Waals surface area contributed by atoms with Crippen LogP contribution < -0.4 is 14.2 Å². The predicted octanol–water partition coefficient (Wildman–Crippen LogP) is 5.97. The van der Waals surface area contributed by atoms with Crippen LogP contribution in [0.25, 0.3) is 0 Å². The van der Waals surface area contributed by atoms with Crippen LogP contribution in [-0.4, -0.2) is 31.1 Å². The first-order valence-corrected chi connectivity index (χ1v) is 12.0. The van der Waals surface area contributed by atoms with Crippen molar-refractivity contribution in [2.45, 2.75) is 33.1 Å². The summed E-state index contributed by atoms with van der Waals surface area (Å²) in [5.74, 6) is -0.0310. The van der Waals surface area contributed by atoms with Gasteiger partial charge in [0.25, 0.3) is 0 Å². The van der Waals surface area contributed by atoms with E-state index in [-0.39, 0.29) is 0 Å². The summed E-state index contributed by atoms with van der Waals surface area (Å²) in [4.78, 5) is 36.1. The Kier molecular flexibility index (Phi) is 10.0. The average Bonchev–Trinajstić information content (AvgIpc) is 2.91. The van der Waals surface area contributed by atoms with Crippen LogP contribution in [-0.2, 0) is 16.0 Å². The van der Waals surface area contributed by atoms with Gasteiger partial charge in [-0.1, -0.05) is 25.6 Å². The third-order valence-corrected chi connectivity index (χ3v) is 5.32. The van der Waals surface area contributed by atoms with E-state index in [2.05, 4.69) is 13.5 Å². The van der Waals surface area contributed by atoms with Gasteiger partial charge >= 0.3 is 17.9 Å². The Labute approximate surface area is 216 Å². The molecule has 0 atom stereocenters. The van der Waals surface area contributed by atoms with Gasteiger partial charge in [-0.25, -0.2) is 14.4 Å². The molecule has 37 heavy (non-hydrogen) atoms. The van der Waals surface area contributed by atoms with Gasteiger partial charge in [-0.15, -0.1) is 0 Å². The highest BCUT2D eigenvalue weighted by atomic mass is 16.5. The number of rotatable bonds is 12. The zero-order valence-electron chi connectivity index (χ0n) is 21.0. The summed E-state index contributed by atoms with van der Waals surface area (Å²) >= 11 is 0. The van der Waals surface area contributed by atoms with E-state index in [1.807, 2.05) is 12.1 Å². The number of benzene rings is 3. The third kappa shape index (κ3) is 8.65. The molecular formula is C30H30O7. The smallest absolute Gasteiger partial charge is 0.343 e. The SMILES string of the molecule is C=C(C)C(=O)OCCCCOc1ccc(C(=O)Oc2ccc(C(=O)Oc3ccc(CC)cc3)cc2)cc1. The van der Waals surface area contributed by atoms with Crippen molar-refractivity contribution in [2.75, 3.05) is 13.2 Å². The highest BCUT2D eigenvalue weighted by Gasteiger charge is 2.12. The van der Waals surface area contributed by atoms with Crippen molar-refractivity contribution < 1.29 is 33.3 Å². The van der Waals surface area contributed by atoms with Crippen LogP contribution in [0, 0.1) is 0 Å². The number of aryl methyl sites for hydroxylation is 1. The summed E-state index contributed by atoms with van der Waals surface area (Å²) in [5.41, 5.74) is 2.23. The Hall–Kier alpha value is -4.39. The zero-order valence-corrected chi connectivity index (χ0v) is 21.0. The molecule has 0 fully saturated rings. The van der Waals surface area contributed by atoms with Crippen LogP contribution in [0.5, 0.6) is 17.2 Å². The van der Waals surface area contributed by atoms with Crippen molar-refractivity contribution >= 4 is 17.9 Å². The van der Waals surface area contributed by atoms with E-state index in [0.29, 0.717) is 60.0 Å². The van der Waals surface area contributed by atoms with Gasteiger partial charge < -0.3 is 18.9 Å². The van der Waals surface area contributed by atoms with Crippen LogP contribution in [0.4, 0.5) is 0 Å². The van der Waals surface area contributed by atoms with Crippen LogP contribution in [0.2, 0.25) is 0 Å². The van der Waals surface area contributed by atoms with Crippen molar-refractivity contribution in [3.63, 3.8) is 0 Å². The lowest BCUT2D eigenvalue weighted by molar-refractivity contribution is -0.139. The molecule has 0 radical (unpaired) electrons. The van der Waals surface area contributed by atoms with E-state index >= 15 is 0 Å². The van der Waals surface area contributed by atoms with E-state index in [9.17, 15) is 14.4 Å². The van der Waals surface area contributed by atoms with Gasteiger partial charge in [0.15, 0.2) is 0 Å². The molecule has 3 aromatic carbocycles. The molecule has 192 valence electrons. The fourth-order valence-corrected chi connectivity index (χ4v) is 3.15. The summed E-state index contributed by atoms with van der Waals surface area (Å²) in [6, 6.07) is 20.1. The Morgan fingerprint density at radius 1 is 0.676 bits per heavy atom. The van der Waals surface area contributed by atoms with Crippen molar-refractivity contribution in [3.05, 3.63) is 102 Å². The standard InChI is InChI=1S/C30H30O7/c1-4-22-7-13-26(14-8-22)36-30(33)24-11-17-27(18-12-24)37-29(32)23-9-15-25(16-10-23)34-19-5-6-20-35-28(31)21(2)3/h7-18H,2,4-6,19-20H2,1,3H3. The molecule has 7 nitrogen and oxygen atoms in total. The zero-order chi connectivity index (χ0) is 26.6. The molecular weight excluding hydrogens is 472 g/mol. The molecule has 0 heterocycles. The van der Waals surface area contributed by atoms with Crippen LogP contribution in [0.1, 0.15) is 53.0 Å². The van der Waals surface area contributed by atoms with Crippen molar-refractivity contribution in [1.29, 1.82) is 0 Å². The van der Waals surface area contributed by atoms with Crippen molar-refractivity contribution in [2.24, 2.45) is 0 Å². The molecule has 0 aliphatic carbocycles. The summed E-state index contributed by atoms with van der Waals surface area (Å²) in [6.07, 6.45) is 2.29. The lowest BCUT2D eigenvalue weighted by Gasteiger charge is -2.09. The van der Waals surface area contributed by atoms with E-state index in [4.69, 9.17) is 18.9 Å². The first-order valence-electron chi connectivity index (χ1n) is 12.0. The predicted molar refractivity (Wildman–Crippen MR) is 139 cm³/mol. The molecule has 0 amide bonds. The highest BCUT2D eigenvalue weighted by Crippen LogP contribution is 2.19. The van der Waals surface area contributed by atoms with Gasteiger partial charge in [0, 0.05) is 5.57 Å². The maximum Gasteiger partial charge on any atom is 0.343 e. The third-order valence-electron chi connectivity index (χ3n) is 5.32. The van der Waals surface area contributed by atoms with Crippen molar-refractivity contribution in [1.82, 2.24) is 0 Å². The molecule has 3 aromatic rings. The van der Waals surface area contributed by atoms with Gasteiger partial charge in [-0.3, -0.25) is 0 Å². The number of esters is 3. The summed E-state index contributed by atoms with van der Waals surface area (Å²) in [6.45, 7) is 7.95. The van der Waals surface area contributed by atoms with Crippen LogP contribution in [0.3, 0.4) is 0 Å². The molecule has 0 unspecified atom stereocenters. The molecule has 0 aromatic heterocycles. The molecule has 0 bridgehead atoms. The highest BCUT2D eigenvalue weighted by molar-refractivity contribution is 5.92. The average molecular weight is 503 g/mol. The monoisotopic (exact) mass is 502 g/mol. The number of ether oxygens (including phenoxy) is 4. The first kappa shape index (κ1) is 27.2. The minimum atomic E-state index is -0.530. The maximum atomic E-state index is 12.5. The molecule has 0 N–H and O–H groups in total. The maximum absolute atomic E-state index is 12.5. The van der Waals surface area contributed by atoms with Crippen LogP contribution >= 0.6 is 0 Å². The largest absolute Gasteiger partial charge is 0.494 e. The second kappa shape index (κ2) is 13.6. The van der Waals surface area contributed by atoms with E-state index in [0.717, 1.165) is 12.0 Å². The molecule has 0 aliphatic heterocycles. The lowest BCUT2D eigenvalue weighted by Crippen LogP contribution is -2.10. The Balaban J connectivity index is 1.43. The number of carbonyl (C=O) groups is 3. The Morgan fingerprint density at radius 3 is 1.62 bits per heavy atom. The van der Waals surface area contributed by atoms with E-state index in [1.54, 1.807) is 67.6 Å². The normalized spacial score (nSPS) is 10.3. The fraction of sp³-hybridized carbons (Fsp3) is 0.233. The second-order valence-corrected chi connectivity index (χ2v) is 8.30. The van der Waals surface area contributed by atoms with Gasteiger partial charge in [-0.2, -0.15) is 0 Å². The minimum absolute atomic E-state index is 0.307. The number of unbranched alkanes of at least 4 members (excludes halogenated alkanes) is 1. The first-order chi connectivity index (χ1) is 17.9. The number of hydrogen-bond donors (Lipinski definition) is 0. The quantitative estimate of drug-likeness (QED) is 0.131. The second-order valence-electron chi connectivity index (χ2n) is 8.30. The van der Waals surface area contributed by atoms with Gasteiger partial charge in [-0.05, 0) is 92.4 Å². The molecule has 0 saturated heterocycles. The molecule has 0 aliphatic rings. The molecule has 0 spiro atoms. The molecule has 7 heteroatoms. The van der Waals surface area contributed by atoms with E-state index < -0.39 is 17.9 Å². The Bertz CT molecular complexity index is 1210. The van der Waals surface area contributed by atoms with Gasteiger partial charge in [0.2, 0.25) is 0 Å². The van der Waals surface area contributed by atoms with Gasteiger partial charge in [0.1, 0.15) is 17.2 Å². The summed E-state index contributed by atoms with van der Waals surface area (Å²) in [5, 5.41) is 0. The van der Waals surface area contributed by atoms with Gasteiger partial charge in [0.05, 0.1) is 24.3 Å². The summed E-state index contributed by atoms with van der Waals surface area (Å²) < 4.78 is 21.5. The minimum Gasteiger partial charge on any atom is -0.494 e. The molecule has 0 saturated carbocycles. The lowest BCUT2D eigenvalue weighted by atomic mass is 10.2. The van der Waals surface area contributed by atoms with Crippen molar-refractivity contribution in [3.8, 4) is 17.2 Å². The van der Waals surface area contributed by atoms with E-state index in [1.165, 1.54) is 0 Å². The topological polar surface area (TPSA) is 88.1 Å². The fourth-order valence-electron chi connectivity index (χ4n) is 3.15. The number of carbonyl (C=O) groups excluding carboxylic acids is 3. The molecule has 3 rings (SSSR count). The van der Waals surface area contributed by atoms with Crippen LogP contribution in [0.15, 0.2) is 84.9 Å². The number of hydrogen-bond acceptors (Lipinski definition) is 7. The Morgan fingerprint density at radius 2 is 1.14 bits per heavy atom.